The Balaban J connectivity index is 2.23. The number of phenols is 1. The molecule has 4 heteroatoms. The first-order valence-electron chi connectivity index (χ1n) is 5.01. The number of nitrogens with two attached hydrogens (primary N) is 1. The average Bonchev–Trinajstić information content (AvgIpc) is 3.03. The molecule has 15 heavy (non-hydrogen) atoms. The Morgan fingerprint density at radius 2 is 2.07 bits per heavy atom. The monoisotopic (exact) mass is 211 g/mol. The third-order valence-electron chi connectivity index (χ3n) is 2.82. The maximum Gasteiger partial charge on any atom is 0.123 e. The minimum absolute atomic E-state index is 0.0661. The van der Waals surface area contributed by atoms with Crippen molar-refractivity contribution in [2.75, 3.05) is 0 Å². The summed E-state index contributed by atoms with van der Waals surface area (Å²) in [5.74, 6) is -0.326. The maximum absolute atomic E-state index is 12.9. The summed E-state index contributed by atoms with van der Waals surface area (Å²) in [7, 11) is 0. The number of halogens is 1. The van der Waals surface area contributed by atoms with Crippen LogP contribution in [0.3, 0.4) is 0 Å². The lowest BCUT2D eigenvalue weighted by Gasteiger charge is -2.19. The van der Waals surface area contributed by atoms with E-state index in [0.717, 1.165) is 18.9 Å². The third kappa shape index (κ3) is 2.11. The molecule has 0 spiro atoms. The van der Waals surface area contributed by atoms with Crippen molar-refractivity contribution in [3.05, 3.63) is 29.6 Å². The minimum atomic E-state index is -0.715. The summed E-state index contributed by atoms with van der Waals surface area (Å²) in [5.41, 5.74) is 6.05. The highest BCUT2D eigenvalue weighted by atomic mass is 19.1. The van der Waals surface area contributed by atoms with Gasteiger partial charge in [0.05, 0.1) is 12.1 Å². The molecule has 1 aromatic carbocycles. The first-order chi connectivity index (χ1) is 7.09. The van der Waals surface area contributed by atoms with E-state index in [1.165, 1.54) is 12.1 Å². The van der Waals surface area contributed by atoms with Gasteiger partial charge in [-0.25, -0.2) is 4.39 Å². The fraction of sp³-hybridized carbons (Fsp3) is 0.455. The molecule has 0 bridgehead atoms. The lowest BCUT2D eigenvalue weighted by atomic mass is 9.98. The second-order valence-electron chi connectivity index (χ2n) is 4.06. The van der Waals surface area contributed by atoms with Crippen molar-refractivity contribution in [2.24, 2.45) is 11.7 Å². The Kier molecular flexibility index (Phi) is 2.63. The molecule has 3 nitrogen and oxygen atoms in total. The molecule has 4 N–H and O–H groups in total. The van der Waals surface area contributed by atoms with Crippen LogP contribution >= 0.6 is 0 Å². The molecule has 1 aliphatic rings. The third-order valence-corrected chi connectivity index (χ3v) is 2.82. The van der Waals surface area contributed by atoms with Gasteiger partial charge in [-0.05, 0) is 37.0 Å². The smallest absolute Gasteiger partial charge is 0.123 e. The van der Waals surface area contributed by atoms with Crippen LogP contribution in [0, 0.1) is 11.7 Å². The minimum Gasteiger partial charge on any atom is -0.508 e. The average molecular weight is 211 g/mol. The predicted octanol–water partition coefficient (Wildman–Crippen LogP) is 1.30. The number of hydrogen-bond donors (Lipinski definition) is 3. The Labute approximate surface area is 87.3 Å². The van der Waals surface area contributed by atoms with E-state index in [2.05, 4.69) is 0 Å². The van der Waals surface area contributed by atoms with Crippen molar-refractivity contribution >= 4 is 0 Å². The van der Waals surface area contributed by atoms with Crippen LogP contribution in [0.15, 0.2) is 18.2 Å². The molecule has 82 valence electrons. The summed E-state index contributed by atoms with van der Waals surface area (Å²) in [6, 6.07) is 2.87. The van der Waals surface area contributed by atoms with Crippen LogP contribution in [0.2, 0.25) is 0 Å². The zero-order chi connectivity index (χ0) is 11.0. The standard InChI is InChI=1S/C11H14FNO2/c12-7-3-4-9(14)8(5-7)10(13)11(15)6-1-2-6/h3-6,10-11,14-15H,1-2,13H2/t10-,11+/m1/s1. The number of phenolic OH excluding ortho intramolecular Hbond substituents is 1. The largest absolute Gasteiger partial charge is 0.508 e. The van der Waals surface area contributed by atoms with Crippen molar-refractivity contribution in [3.8, 4) is 5.75 Å². The maximum atomic E-state index is 12.9. The molecule has 1 aromatic rings. The van der Waals surface area contributed by atoms with Gasteiger partial charge in [0, 0.05) is 5.56 Å². The van der Waals surface area contributed by atoms with Crippen molar-refractivity contribution in [1.82, 2.24) is 0 Å². The lowest BCUT2D eigenvalue weighted by Crippen LogP contribution is -2.28. The van der Waals surface area contributed by atoms with Crippen molar-refractivity contribution < 1.29 is 14.6 Å². The summed E-state index contributed by atoms with van der Waals surface area (Å²) in [4.78, 5) is 0. The highest BCUT2D eigenvalue weighted by Crippen LogP contribution is 2.38. The van der Waals surface area contributed by atoms with Gasteiger partial charge in [-0.3, -0.25) is 0 Å². The molecule has 0 unspecified atom stereocenters. The molecule has 0 aromatic heterocycles. The normalized spacial score (nSPS) is 19.9. The first kappa shape index (κ1) is 10.4. The first-order valence-corrected chi connectivity index (χ1v) is 5.01. The summed E-state index contributed by atoms with van der Waals surface area (Å²) in [6.07, 6.45) is 1.20. The number of aliphatic hydroxyl groups excluding tert-OH is 1. The summed E-state index contributed by atoms with van der Waals surface area (Å²) >= 11 is 0. The Hall–Kier alpha value is -1.13. The molecule has 0 heterocycles. The summed E-state index contributed by atoms with van der Waals surface area (Å²) in [6.45, 7) is 0. The number of hydrogen-bond acceptors (Lipinski definition) is 3. The van der Waals surface area contributed by atoms with E-state index in [-0.39, 0.29) is 17.2 Å². The van der Waals surface area contributed by atoms with E-state index in [9.17, 15) is 14.6 Å². The molecule has 1 aliphatic carbocycles. The van der Waals surface area contributed by atoms with Crippen LogP contribution in [0.4, 0.5) is 4.39 Å². The van der Waals surface area contributed by atoms with Crippen LogP contribution in [-0.4, -0.2) is 16.3 Å². The SMILES string of the molecule is N[C@H](c1cc(F)ccc1O)[C@@H](O)C1CC1. The quantitative estimate of drug-likeness (QED) is 0.706. The van der Waals surface area contributed by atoms with Gasteiger partial charge in [-0.2, -0.15) is 0 Å². The van der Waals surface area contributed by atoms with Gasteiger partial charge in [0.25, 0.3) is 0 Å². The van der Waals surface area contributed by atoms with Gasteiger partial charge in [-0.15, -0.1) is 0 Å². The molecular weight excluding hydrogens is 197 g/mol. The Morgan fingerprint density at radius 1 is 1.40 bits per heavy atom. The van der Waals surface area contributed by atoms with Gasteiger partial charge in [-0.1, -0.05) is 0 Å². The molecule has 2 atom stereocenters. The molecular formula is C11H14FNO2. The van der Waals surface area contributed by atoms with Crippen molar-refractivity contribution in [3.63, 3.8) is 0 Å². The Bertz CT molecular complexity index is 366. The van der Waals surface area contributed by atoms with Gasteiger partial charge in [0.1, 0.15) is 11.6 Å². The zero-order valence-corrected chi connectivity index (χ0v) is 8.23. The number of aromatic hydroxyl groups is 1. The van der Waals surface area contributed by atoms with Gasteiger partial charge in [0.15, 0.2) is 0 Å². The van der Waals surface area contributed by atoms with E-state index in [1.807, 2.05) is 0 Å². The van der Waals surface area contributed by atoms with Crippen LogP contribution in [-0.2, 0) is 0 Å². The molecule has 0 radical (unpaired) electrons. The molecule has 0 amide bonds. The van der Waals surface area contributed by atoms with Gasteiger partial charge >= 0.3 is 0 Å². The molecule has 0 aliphatic heterocycles. The fourth-order valence-corrected chi connectivity index (χ4v) is 1.71. The van der Waals surface area contributed by atoms with Crippen LogP contribution < -0.4 is 5.73 Å². The summed E-state index contributed by atoms with van der Waals surface area (Å²) in [5, 5.41) is 19.3. The highest BCUT2D eigenvalue weighted by molar-refractivity contribution is 5.35. The van der Waals surface area contributed by atoms with E-state index in [0.29, 0.717) is 0 Å². The molecule has 2 rings (SSSR count). The van der Waals surface area contributed by atoms with Crippen molar-refractivity contribution in [1.29, 1.82) is 0 Å². The molecule has 1 saturated carbocycles. The highest BCUT2D eigenvalue weighted by Gasteiger charge is 2.35. The summed E-state index contributed by atoms with van der Waals surface area (Å²) < 4.78 is 12.9. The number of aliphatic hydroxyl groups is 1. The van der Waals surface area contributed by atoms with E-state index in [1.54, 1.807) is 0 Å². The van der Waals surface area contributed by atoms with E-state index >= 15 is 0 Å². The number of benzene rings is 1. The van der Waals surface area contributed by atoms with Crippen LogP contribution in [0.25, 0.3) is 0 Å². The van der Waals surface area contributed by atoms with Gasteiger partial charge < -0.3 is 15.9 Å². The van der Waals surface area contributed by atoms with E-state index < -0.39 is 18.0 Å². The Morgan fingerprint density at radius 3 is 2.67 bits per heavy atom. The van der Waals surface area contributed by atoms with E-state index in [4.69, 9.17) is 5.73 Å². The number of rotatable bonds is 3. The predicted molar refractivity (Wildman–Crippen MR) is 53.7 cm³/mol. The zero-order valence-electron chi connectivity index (χ0n) is 8.23. The second-order valence-corrected chi connectivity index (χ2v) is 4.06. The van der Waals surface area contributed by atoms with Crippen molar-refractivity contribution in [2.45, 2.75) is 25.0 Å². The molecule has 1 fully saturated rings. The van der Waals surface area contributed by atoms with Crippen LogP contribution in [0.5, 0.6) is 5.75 Å². The van der Waals surface area contributed by atoms with Gasteiger partial charge in [0.2, 0.25) is 0 Å². The topological polar surface area (TPSA) is 66.5 Å². The fourth-order valence-electron chi connectivity index (χ4n) is 1.71. The molecule has 0 saturated heterocycles. The second kappa shape index (κ2) is 3.79. The lowest BCUT2D eigenvalue weighted by molar-refractivity contribution is 0.121. The van der Waals surface area contributed by atoms with Crippen LogP contribution in [0.1, 0.15) is 24.4 Å².